The van der Waals surface area contributed by atoms with Gasteiger partial charge in [0.2, 0.25) is 0 Å². The van der Waals surface area contributed by atoms with Crippen molar-refractivity contribution in [1.82, 2.24) is 10.3 Å². The van der Waals surface area contributed by atoms with Crippen molar-refractivity contribution in [2.24, 2.45) is 5.41 Å². The molecule has 1 amide bonds. The van der Waals surface area contributed by atoms with Crippen LogP contribution < -0.4 is 5.32 Å². The molecule has 1 saturated heterocycles. The lowest BCUT2D eigenvalue weighted by Crippen LogP contribution is -2.48. The van der Waals surface area contributed by atoms with E-state index >= 15 is 0 Å². The highest BCUT2D eigenvalue weighted by molar-refractivity contribution is 7.98. The van der Waals surface area contributed by atoms with Crippen LogP contribution >= 0.6 is 11.8 Å². The molecule has 92 valence electrons. The Morgan fingerprint density at radius 3 is 3.00 bits per heavy atom. The normalized spacial score (nSPS) is 17.3. The number of nitrogens with one attached hydrogen (secondary N) is 1. The zero-order chi connectivity index (χ0) is 12.3. The summed E-state index contributed by atoms with van der Waals surface area (Å²) in [6.07, 6.45) is 3.61. The highest BCUT2D eigenvalue weighted by atomic mass is 32.2. The van der Waals surface area contributed by atoms with Crippen LogP contribution in [0.2, 0.25) is 0 Å². The molecule has 0 atom stereocenters. The lowest BCUT2D eigenvalue weighted by molar-refractivity contribution is -0.0978. The second-order valence-electron chi connectivity index (χ2n) is 4.55. The number of nitrogens with zero attached hydrogens (tertiary/aromatic N) is 1. The minimum absolute atomic E-state index is 0.0597. The fraction of sp³-hybridized carbons (Fsp3) is 0.500. The van der Waals surface area contributed by atoms with Gasteiger partial charge in [0.15, 0.2) is 0 Å². The van der Waals surface area contributed by atoms with Crippen molar-refractivity contribution in [3.8, 4) is 0 Å². The van der Waals surface area contributed by atoms with Crippen molar-refractivity contribution in [2.45, 2.75) is 11.9 Å². The summed E-state index contributed by atoms with van der Waals surface area (Å²) in [6, 6.07) is 3.58. The van der Waals surface area contributed by atoms with E-state index < -0.39 is 0 Å². The molecule has 1 aliphatic heterocycles. The van der Waals surface area contributed by atoms with Gasteiger partial charge in [-0.1, -0.05) is 6.92 Å². The molecule has 1 fully saturated rings. The van der Waals surface area contributed by atoms with E-state index in [0.717, 1.165) is 18.2 Å². The molecule has 0 spiro atoms. The Labute approximate surface area is 105 Å². The van der Waals surface area contributed by atoms with E-state index in [-0.39, 0.29) is 11.3 Å². The molecule has 0 radical (unpaired) electrons. The van der Waals surface area contributed by atoms with Crippen molar-refractivity contribution in [1.29, 1.82) is 0 Å². The van der Waals surface area contributed by atoms with Gasteiger partial charge in [0.25, 0.3) is 5.91 Å². The predicted molar refractivity (Wildman–Crippen MR) is 67.3 cm³/mol. The second kappa shape index (κ2) is 5.06. The largest absolute Gasteiger partial charge is 0.380 e. The third kappa shape index (κ3) is 2.79. The molecule has 2 rings (SSSR count). The first kappa shape index (κ1) is 12.4. The molecular formula is C12H16N2O2S. The molecule has 0 aliphatic carbocycles. The molecule has 2 heterocycles. The van der Waals surface area contributed by atoms with Gasteiger partial charge < -0.3 is 10.1 Å². The maximum atomic E-state index is 12.0. The maximum absolute atomic E-state index is 12.0. The van der Waals surface area contributed by atoms with Gasteiger partial charge >= 0.3 is 0 Å². The molecule has 0 aromatic carbocycles. The van der Waals surface area contributed by atoms with E-state index in [4.69, 9.17) is 4.74 Å². The van der Waals surface area contributed by atoms with Crippen LogP contribution in [0.3, 0.4) is 0 Å². The Kier molecular flexibility index (Phi) is 3.69. The van der Waals surface area contributed by atoms with Crippen molar-refractivity contribution < 1.29 is 9.53 Å². The van der Waals surface area contributed by atoms with Crippen LogP contribution in [0, 0.1) is 5.41 Å². The summed E-state index contributed by atoms with van der Waals surface area (Å²) in [4.78, 5) is 16.2. The van der Waals surface area contributed by atoms with Gasteiger partial charge in [-0.25, -0.2) is 4.98 Å². The van der Waals surface area contributed by atoms with E-state index in [0.29, 0.717) is 12.1 Å². The van der Waals surface area contributed by atoms with Crippen molar-refractivity contribution >= 4 is 17.7 Å². The Morgan fingerprint density at radius 2 is 2.41 bits per heavy atom. The van der Waals surface area contributed by atoms with E-state index in [9.17, 15) is 4.79 Å². The summed E-state index contributed by atoms with van der Waals surface area (Å²) in [6.45, 7) is 4.19. The van der Waals surface area contributed by atoms with Crippen LogP contribution in [-0.2, 0) is 4.74 Å². The molecule has 1 aromatic heterocycles. The number of pyridine rings is 1. The van der Waals surface area contributed by atoms with E-state index in [1.165, 1.54) is 11.8 Å². The lowest BCUT2D eigenvalue weighted by atomic mass is 9.89. The number of carbonyl (C=O) groups is 1. The SMILES string of the molecule is CSc1ncccc1C(=O)NCC1(C)COC1. The number of amides is 1. The van der Waals surface area contributed by atoms with Gasteiger partial charge in [0.1, 0.15) is 5.03 Å². The fourth-order valence-electron chi connectivity index (χ4n) is 1.67. The summed E-state index contributed by atoms with van der Waals surface area (Å²) < 4.78 is 5.15. The number of rotatable bonds is 4. The number of hydrogen-bond acceptors (Lipinski definition) is 4. The molecule has 0 unspecified atom stereocenters. The summed E-state index contributed by atoms with van der Waals surface area (Å²) in [7, 11) is 0. The molecule has 1 N–H and O–H groups in total. The Morgan fingerprint density at radius 1 is 1.65 bits per heavy atom. The van der Waals surface area contributed by atoms with Gasteiger partial charge in [-0.05, 0) is 18.4 Å². The van der Waals surface area contributed by atoms with Crippen LogP contribution in [0.15, 0.2) is 23.4 Å². The van der Waals surface area contributed by atoms with E-state index in [1.54, 1.807) is 18.3 Å². The third-order valence-corrected chi connectivity index (χ3v) is 3.50. The van der Waals surface area contributed by atoms with Gasteiger partial charge in [-0.2, -0.15) is 0 Å². The lowest BCUT2D eigenvalue weighted by Gasteiger charge is -2.38. The summed E-state index contributed by atoms with van der Waals surface area (Å²) >= 11 is 1.48. The smallest absolute Gasteiger partial charge is 0.254 e. The number of hydrogen-bond donors (Lipinski definition) is 1. The zero-order valence-electron chi connectivity index (χ0n) is 10.0. The minimum atomic E-state index is -0.0597. The molecular weight excluding hydrogens is 236 g/mol. The Balaban J connectivity index is 1.99. The molecule has 4 nitrogen and oxygen atoms in total. The van der Waals surface area contributed by atoms with Crippen molar-refractivity contribution in [3.63, 3.8) is 0 Å². The number of thioether (sulfide) groups is 1. The molecule has 0 saturated carbocycles. The van der Waals surface area contributed by atoms with Crippen molar-refractivity contribution in [2.75, 3.05) is 26.0 Å². The Hall–Kier alpha value is -1.07. The maximum Gasteiger partial charge on any atom is 0.254 e. The summed E-state index contributed by atoms with van der Waals surface area (Å²) in [5, 5.41) is 3.71. The number of ether oxygens (including phenoxy) is 1. The highest BCUT2D eigenvalue weighted by Crippen LogP contribution is 2.25. The predicted octanol–water partition coefficient (Wildman–Crippen LogP) is 1.57. The standard InChI is InChI=1S/C12H16N2O2S/c1-12(7-16-8-12)6-14-10(15)9-4-3-5-13-11(9)17-2/h3-5H,6-8H2,1-2H3,(H,14,15). The van der Waals surface area contributed by atoms with E-state index in [2.05, 4.69) is 17.2 Å². The van der Waals surface area contributed by atoms with Crippen LogP contribution in [0.4, 0.5) is 0 Å². The average molecular weight is 252 g/mol. The van der Waals surface area contributed by atoms with Crippen LogP contribution in [-0.4, -0.2) is 36.9 Å². The Bertz CT molecular complexity index is 419. The fourth-order valence-corrected chi connectivity index (χ4v) is 2.21. The molecule has 17 heavy (non-hydrogen) atoms. The van der Waals surface area contributed by atoms with Crippen LogP contribution in [0.1, 0.15) is 17.3 Å². The second-order valence-corrected chi connectivity index (χ2v) is 5.34. The quantitative estimate of drug-likeness (QED) is 0.826. The van der Waals surface area contributed by atoms with Gasteiger partial charge in [-0.3, -0.25) is 4.79 Å². The number of aromatic nitrogens is 1. The molecule has 1 aromatic rings. The monoisotopic (exact) mass is 252 g/mol. The molecule has 1 aliphatic rings. The first-order valence-electron chi connectivity index (χ1n) is 5.50. The first-order chi connectivity index (χ1) is 8.14. The number of carbonyl (C=O) groups excluding carboxylic acids is 1. The zero-order valence-corrected chi connectivity index (χ0v) is 10.8. The highest BCUT2D eigenvalue weighted by Gasteiger charge is 2.33. The van der Waals surface area contributed by atoms with Crippen molar-refractivity contribution in [3.05, 3.63) is 23.9 Å². The first-order valence-corrected chi connectivity index (χ1v) is 6.72. The van der Waals surface area contributed by atoms with Crippen LogP contribution in [0.5, 0.6) is 0 Å². The van der Waals surface area contributed by atoms with Crippen LogP contribution in [0.25, 0.3) is 0 Å². The van der Waals surface area contributed by atoms with Gasteiger partial charge in [0, 0.05) is 18.2 Å². The molecule has 0 bridgehead atoms. The summed E-state index contributed by atoms with van der Waals surface area (Å²) in [5.41, 5.74) is 0.737. The summed E-state index contributed by atoms with van der Waals surface area (Å²) in [5.74, 6) is -0.0597. The topological polar surface area (TPSA) is 51.2 Å². The third-order valence-electron chi connectivity index (χ3n) is 2.79. The average Bonchev–Trinajstić information content (AvgIpc) is 2.33. The minimum Gasteiger partial charge on any atom is -0.380 e. The van der Waals surface area contributed by atoms with Gasteiger partial charge in [0.05, 0.1) is 18.8 Å². The van der Waals surface area contributed by atoms with E-state index in [1.807, 2.05) is 6.26 Å². The van der Waals surface area contributed by atoms with Gasteiger partial charge in [-0.15, -0.1) is 11.8 Å². The molecule has 5 heteroatoms.